The Bertz CT molecular complexity index is 281. The molecule has 0 radical (unpaired) electrons. The predicted molar refractivity (Wildman–Crippen MR) is 58.7 cm³/mol. The molecule has 0 spiro atoms. The molecular weight excluding hydrogens is 226 g/mol. The fourth-order valence-corrected chi connectivity index (χ4v) is 2.32. The van der Waals surface area contributed by atoms with Crippen molar-refractivity contribution in [2.45, 2.75) is 31.2 Å². The lowest BCUT2D eigenvalue weighted by Crippen LogP contribution is -2.14. The van der Waals surface area contributed by atoms with Crippen LogP contribution in [0.2, 0.25) is 0 Å². The van der Waals surface area contributed by atoms with Crippen molar-refractivity contribution in [2.24, 2.45) is 5.73 Å². The van der Waals surface area contributed by atoms with Gasteiger partial charge in [-0.3, -0.25) is 0 Å². The second-order valence-corrected chi connectivity index (χ2v) is 4.74. The van der Waals surface area contributed by atoms with Crippen LogP contribution in [0.15, 0.2) is 28.7 Å². The van der Waals surface area contributed by atoms with Gasteiger partial charge in [0.2, 0.25) is 0 Å². The van der Waals surface area contributed by atoms with E-state index in [1.165, 1.54) is 18.4 Å². The lowest BCUT2D eigenvalue weighted by atomic mass is 9.98. The summed E-state index contributed by atoms with van der Waals surface area (Å²) in [6.45, 7) is 0. The highest BCUT2D eigenvalue weighted by molar-refractivity contribution is 9.10. The first kappa shape index (κ1) is 9.22. The van der Waals surface area contributed by atoms with Gasteiger partial charge in [0, 0.05) is 10.5 Å². The molecule has 1 aliphatic rings. The molecule has 1 saturated carbocycles. The number of hydrogen-bond donors (Lipinski definition) is 1. The van der Waals surface area contributed by atoms with Crippen molar-refractivity contribution >= 4 is 15.9 Å². The summed E-state index contributed by atoms with van der Waals surface area (Å²) in [7, 11) is 0. The van der Waals surface area contributed by atoms with Crippen molar-refractivity contribution in [2.75, 3.05) is 0 Å². The van der Waals surface area contributed by atoms with Crippen LogP contribution in [0.4, 0.5) is 0 Å². The maximum Gasteiger partial charge on any atom is 0.0175 e. The third-order valence-corrected chi connectivity index (χ3v) is 3.34. The van der Waals surface area contributed by atoms with E-state index in [4.69, 9.17) is 5.73 Å². The Morgan fingerprint density at radius 3 is 2.38 bits per heavy atom. The van der Waals surface area contributed by atoms with E-state index in [1.54, 1.807) is 0 Å². The monoisotopic (exact) mass is 239 g/mol. The average molecular weight is 240 g/mol. The Morgan fingerprint density at radius 2 is 1.85 bits per heavy atom. The summed E-state index contributed by atoms with van der Waals surface area (Å²) < 4.78 is 1.15. The average Bonchev–Trinajstić information content (AvgIpc) is 2.53. The summed E-state index contributed by atoms with van der Waals surface area (Å²) in [6.07, 6.45) is 3.59. The minimum absolute atomic E-state index is 0.425. The van der Waals surface area contributed by atoms with Crippen molar-refractivity contribution in [1.29, 1.82) is 0 Å². The Hall–Kier alpha value is -0.340. The highest BCUT2D eigenvalue weighted by atomic mass is 79.9. The van der Waals surface area contributed by atoms with Crippen LogP contribution in [0.25, 0.3) is 0 Å². The van der Waals surface area contributed by atoms with Gasteiger partial charge < -0.3 is 5.73 Å². The van der Waals surface area contributed by atoms with Crippen LogP contribution < -0.4 is 5.73 Å². The van der Waals surface area contributed by atoms with Gasteiger partial charge in [0.15, 0.2) is 0 Å². The summed E-state index contributed by atoms with van der Waals surface area (Å²) in [5, 5.41) is 0. The topological polar surface area (TPSA) is 26.0 Å². The number of benzene rings is 1. The molecule has 0 aliphatic heterocycles. The molecule has 1 nitrogen and oxygen atoms in total. The van der Waals surface area contributed by atoms with E-state index in [9.17, 15) is 0 Å². The van der Waals surface area contributed by atoms with Gasteiger partial charge in [0.05, 0.1) is 0 Å². The quantitative estimate of drug-likeness (QED) is 0.802. The van der Waals surface area contributed by atoms with Gasteiger partial charge >= 0.3 is 0 Å². The third kappa shape index (κ3) is 2.12. The van der Waals surface area contributed by atoms with E-state index in [1.807, 2.05) is 0 Å². The van der Waals surface area contributed by atoms with Crippen LogP contribution in [0.3, 0.4) is 0 Å². The van der Waals surface area contributed by atoms with Gasteiger partial charge in [0.25, 0.3) is 0 Å². The number of nitrogens with two attached hydrogens (primary N) is 1. The first-order valence-electron chi connectivity index (χ1n) is 4.77. The molecular formula is C11H14BrN. The minimum Gasteiger partial charge on any atom is -0.328 e. The Morgan fingerprint density at radius 1 is 1.15 bits per heavy atom. The Balaban J connectivity index is 2.13. The fourth-order valence-electron chi connectivity index (χ4n) is 2.05. The zero-order valence-corrected chi connectivity index (χ0v) is 9.13. The molecule has 0 amide bonds. The molecule has 1 aliphatic carbocycles. The largest absolute Gasteiger partial charge is 0.328 e. The summed E-state index contributed by atoms with van der Waals surface area (Å²) in [6, 6.07) is 9.05. The normalized spacial score (nSPS) is 27.8. The summed E-state index contributed by atoms with van der Waals surface area (Å²) in [4.78, 5) is 0. The van der Waals surface area contributed by atoms with Crippen LogP contribution in [0.5, 0.6) is 0 Å². The number of hydrogen-bond acceptors (Lipinski definition) is 1. The van der Waals surface area contributed by atoms with Crippen molar-refractivity contribution < 1.29 is 0 Å². The molecule has 1 fully saturated rings. The number of halogens is 1. The van der Waals surface area contributed by atoms with E-state index in [2.05, 4.69) is 40.2 Å². The van der Waals surface area contributed by atoms with Crippen LogP contribution in [0, 0.1) is 0 Å². The van der Waals surface area contributed by atoms with E-state index < -0.39 is 0 Å². The van der Waals surface area contributed by atoms with Crippen molar-refractivity contribution in [3.63, 3.8) is 0 Å². The van der Waals surface area contributed by atoms with Crippen molar-refractivity contribution in [3.05, 3.63) is 34.3 Å². The van der Waals surface area contributed by atoms with Crippen LogP contribution in [0.1, 0.15) is 30.7 Å². The minimum atomic E-state index is 0.425. The van der Waals surface area contributed by atoms with Crippen molar-refractivity contribution in [1.82, 2.24) is 0 Å². The van der Waals surface area contributed by atoms with E-state index in [0.717, 1.165) is 10.9 Å². The standard InChI is InChI=1S/C11H14BrN/c12-10-4-1-8(2-5-10)9-3-6-11(13)7-9/h1-2,4-5,9,11H,3,6-7,13H2. The molecule has 0 heterocycles. The van der Waals surface area contributed by atoms with Gasteiger partial charge in [0.1, 0.15) is 0 Å². The van der Waals surface area contributed by atoms with Gasteiger partial charge in [-0.05, 0) is 42.9 Å². The Kier molecular flexibility index (Phi) is 2.70. The molecule has 1 aromatic rings. The lowest BCUT2D eigenvalue weighted by molar-refractivity contribution is 0.674. The molecule has 2 heteroatoms. The summed E-state index contributed by atoms with van der Waals surface area (Å²) in [5.41, 5.74) is 7.32. The molecule has 13 heavy (non-hydrogen) atoms. The first-order valence-corrected chi connectivity index (χ1v) is 5.56. The summed E-state index contributed by atoms with van der Waals surface area (Å²) >= 11 is 3.44. The molecule has 2 N–H and O–H groups in total. The zero-order chi connectivity index (χ0) is 9.26. The SMILES string of the molecule is NC1CCC(c2ccc(Br)cc2)C1. The van der Waals surface area contributed by atoms with Crippen LogP contribution >= 0.6 is 15.9 Å². The van der Waals surface area contributed by atoms with E-state index >= 15 is 0 Å². The first-order chi connectivity index (χ1) is 6.25. The predicted octanol–water partition coefficient (Wildman–Crippen LogP) is 3.04. The number of rotatable bonds is 1. The third-order valence-electron chi connectivity index (χ3n) is 2.81. The molecule has 2 rings (SSSR count). The highest BCUT2D eigenvalue weighted by Gasteiger charge is 2.22. The van der Waals surface area contributed by atoms with E-state index in [0.29, 0.717) is 12.0 Å². The maximum absolute atomic E-state index is 5.88. The lowest BCUT2D eigenvalue weighted by Gasteiger charge is -2.09. The molecule has 2 atom stereocenters. The second-order valence-electron chi connectivity index (χ2n) is 3.82. The molecule has 0 bridgehead atoms. The molecule has 1 aromatic carbocycles. The maximum atomic E-state index is 5.88. The smallest absolute Gasteiger partial charge is 0.0175 e. The van der Waals surface area contributed by atoms with E-state index in [-0.39, 0.29) is 0 Å². The molecule has 0 saturated heterocycles. The Labute approximate surface area is 87.5 Å². The summed E-state index contributed by atoms with van der Waals surface area (Å²) in [5.74, 6) is 0.697. The van der Waals surface area contributed by atoms with Crippen LogP contribution in [-0.2, 0) is 0 Å². The fraction of sp³-hybridized carbons (Fsp3) is 0.455. The second kappa shape index (κ2) is 3.81. The van der Waals surface area contributed by atoms with Gasteiger partial charge in [-0.15, -0.1) is 0 Å². The van der Waals surface area contributed by atoms with Crippen LogP contribution in [-0.4, -0.2) is 6.04 Å². The van der Waals surface area contributed by atoms with Gasteiger partial charge in [-0.1, -0.05) is 28.1 Å². The van der Waals surface area contributed by atoms with Crippen molar-refractivity contribution in [3.8, 4) is 0 Å². The zero-order valence-electron chi connectivity index (χ0n) is 7.54. The van der Waals surface area contributed by atoms with Gasteiger partial charge in [-0.25, -0.2) is 0 Å². The molecule has 2 unspecified atom stereocenters. The highest BCUT2D eigenvalue weighted by Crippen LogP contribution is 2.33. The molecule has 0 aromatic heterocycles. The molecule has 70 valence electrons. The van der Waals surface area contributed by atoms with Gasteiger partial charge in [-0.2, -0.15) is 0 Å².